The summed E-state index contributed by atoms with van der Waals surface area (Å²) in [5, 5.41) is 3.11. The summed E-state index contributed by atoms with van der Waals surface area (Å²) >= 11 is 0. The Kier molecular flexibility index (Phi) is 6.90. The number of hydrogen-bond donors (Lipinski definition) is 2. The molecule has 4 rings (SSSR count). The lowest BCUT2D eigenvalue weighted by Crippen LogP contribution is -2.22. The molecule has 0 aliphatic rings. The van der Waals surface area contributed by atoms with Gasteiger partial charge >= 0.3 is 0 Å². The lowest BCUT2D eigenvalue weighted by molar-refractivity contribution is 0.355. The zero-order valence-electron chi connectivity index (χ0n) is 18.7. The third-order valence-corrected chi connectivity index (χ3v) is 5.28. The molecule has 1 aromatic heterocycles. The molecule has 0 amide bonds. The van der Waals surface area contributed by atoms with Crippen molar-refractivity contribution in [1.82, 2.24) is 9.55 Å². The highest BCUT2D eigenvalue weighted by Gasteiger charge is 2.07. The van der Waals surface area contributed by atoms with E-state index in [1.54, 1.807) is 20.4 Å². The van der Waals surface area contributed by atoms with Crippen LogP contribution in [0.5, 0.6) is 11.5 Å². The van der Waals surface area contributed by atoms with Crippen molar-refractivity contribution in [2.45, 2.75) is 13.1 Å². The summed E-state index contributed by atoms with van der Waals surface area (Å²) in [6.45, 7) is 1.25. The Morgan fingerprint density at radius 3 is 2.52 bits per heavy atom. The Hall–Kier alpha value is -4.26. The standard InChI is InChI=1S/C26H27N5O2/c1-32-24-12-11-22(15-25(24)33-2)30-26(27)29-16-21-5-3-4-6-23(21)20-9-7-19(8-10-20)17-31-14-13-28-18-31/h3-15,18H,16-17H2,1-2H3,(H3,27,29,30). The van der Waals surface area contributed by atoms with E-state index in [0.717, 1.165) is 28.9 Å². The number of nitrogens with zero attached hydrogens (tertiary/aromatic N) is 3. The van der Waals surface area contributed by atoms with Gasteiger partial charge in [-0.15, -0.1) is 0 Å². The second-order valence-corrected chi connectivity index (χ2v) is 7.49. The van der Waals surface area contributed by atoms with Crippen molar-refractivity contribution in [3.05, 3.63) is 96.6 Å². The summed E-state index contributed by atoms with van der Waals surface area (Å²) in [7, 11) is 3.20. The zero-order valence-corrected chi connectivity index (χ0v) is 18.7. The summed E-state index contributed by atoms with van der Waals surface area (Å²) in [5.41, 5.74) is 11.5. The van der Waals surface area contributed by atoms with Gasteiger partial charge < -0.3 is 25.1 Å². The van der Waals surface area contributed by atoms with Crippen molar-refractivity contribution < 1.29 is 9.47 Å². The average molecular weight is 442 g/mol. The van der Waals surface area contributed by atoms with Gasteiger partial charge in [0.2, 0.25) is 0 Å². The van der Waals surface area contributed by atoms with Crippen molar-refractivity contribution in [3.63, 3.8) is 0 Å². The fourth-order valence-corrected chi connectivity index (χ4v) is 3.59. The molecule has 4 aromatic rings. The van der Waals surface area contributed by atoms with E-state index in [4.69, 9.17) is 15.2 Å². The second kappa shape index (κ2) is 10.4. The Labute approximate surface area is 193 Å². The smallest absolute Gasteiger partial charge is 0.193 e. The van der Waals surface area contributed by atoms with Crippen molar-refractivity contribution >= 4 is 11.6 Å². The van der Waals surface area contributed by atoms with Crippen molar-refractivity contribution in [3.8, 4) is 22.6 Å². The van der Waals surface area contributed by atoms with Gasteiger partial charge in [0.05, 0.1) is 27.1 Å². The van der Waals surface area contributed by atoms with Gasteiger partial charge in [-0.1, -0.05) is 48.5 Å². The first-order valence-corrected chi connectivity index (χ1v) is 10.6. The molecule has 1 heterocycles. The molecule has 0 fully saturated rings. The lowest BCUT2D eigenvalue weighted by atomic mass is 9.98. The van der Waals surface area contributed by atoms with Crippen molar-refractivity contribution in [2.75, 3.05) is 19.5 Å². The van der Waals surface area contributed by atoms with Gasteiger partial charge in [0.25, 0.3) is 0 Å². The maximum absolute atomic E-state index is 6.15. The number of imidazole rings is 1. The van der Waals surface area contributed by atoms with Crippen molar-refractivity contribution in [2.24, 2.45) is 10.7 Å². The number of aromatic nitrogens is 2. The number of ether oxygens (including phenoxy) is 2. The van der Waals surface area contributed by atoms with Crippen LogP contribution < -0.4 is 20.5 Å². The van der Waals surface area contributed by atoms with Crippen molar-refractivity contribution in [1.29, 1.82) is 0 Å². The highest BCUT2D eigenvalue weighted by molar-refractivity contribution is 5.92. The molecular formula is C26H27N5O2. The molecule has 0 radical (unpaired) electrons. The van der Waals surface area contributed by atoms with Crippen LogP contribution in [-0.4, -0.2) is 29.7 Å². The number of rotatable bonds is 8. The SMILES string of the molecule is COc1ccc(NC(N)=NCc2ccccc2-c2ccc(Cn3ccnc3)cc2)cc1OC. The van der Waals surface area contributed by atoms with E-state index in [9.17, 15) is 0 Å². The van der Waals surface area contributed by atoms with E-state index < -0.39 is 0 Å². The van der Waals surface area contributed by atoms with Gasteiger partial charge in [-0.2, -0.15) is 0 Å². The number of nitrogens with one attached hydrogen (secondary N) is 1. The van der Waals surface area contributed by atoms with Gasteiger partial charge in [-0.05, 0) is 34.4 Å². The maximum Gasteiger partial charge on any atom is 0.193 e. The van der Waals surface area contributed by atoms with E-state index >= 15 is 0 Å². The van der Waals surface area contributed by atoms with Crippen LogP contribution in [0.2, 0.25) is 0 Å². The summed E-state index contributed by atoms with van der Waals surface area (Å²) in [4.78, 5) is 8.64. The number of anilines is 1. The molecule has 0 aliphatic heterocycles. The van der Waals surface area contributed by atoms with Gasteiger partial charge in [0.15, 0.2) is 17.5 Å². The summed E-state index contributed by atoms with van der Waals surface area (Å²) in [6.07, 6.45) is 5.57. The number of hydrogen-bond acceptors (Lipinski definition) is 4. The topological polar surface area (TPSA) is 86.7 Å². The van der Waals surface area contributed by atoms with E-state index in [-0.39, 0.29) is 0 Å². The van der Waals surface area contributed by atoms with E-state index in [1.165, 1.54) is 5.56 Å². The maximum atomic E-state index is 6.15. The van der Waals surface area contributed by atoms with Crippen LogP contribution >= 0.6 is 0 Å². The molecule has 33 heavy (non-hydrogen) atoms. The molecule has 0 unspecified atom stereocenters. The summed E-state index contributed by atoms with van der Waals surface area (Å²) in [6, 6.07) is 22.3. The van der Waals surface area contributed by atoms with Crippen LogP contribution in [0.15, 0.2) is 90.4 Å². The fraction of sp³-hybridized carbons (Fsp3) is 0.154. The van der Waals surface area contributed by atoms with E-state index in [2.05, 4.69) is 51.7 Å². The molecule has 7 nitrogen and oxygen atoms in total. The molecule has 0 atom stereocenters. The minimum atomic E-state index is 0.327. The number of methoxy groups -OCH3 is 2. The minimum Gasteiger partial charge on any atom is -0.493 e. The Morgan fingerprint density at radius 1 is 1.00 bits per heavy atom. The molecule has 0 aliphatic carbocycles. The summed E-state index contributed by atoms with van der Waals surface area (Å²) < 4.78 is 12.7. The highest BCUT2D eigenvalue weighted by atomic mass is 16.5. The quantitative estimate of drug-likeness (QED) is 0.310. The van der Waals surface area contributed by atoms with Gasteiger partial charge in [0.1, 0.15) is 0 Å². The van der Waals surface area contributed by atoms with Gasteiger partial charge in [0, 0.05) is 30.7 Å². The molecular weight excluding hydrogens is 414 g/mol. The normalized spacial score (nSPS) is 11.3. The predicted molar refractivity (Wildman–Crippen MR) is 132 cm³/mol. The van der Waals surface area contributed by atoms with Crippen LogP contribution in [0.1, 0.15) is 11.1 Å². The van der Waals surface area contributed by atoms with E-state index in [1.807, 2.05) is 47.4 Å². The number of nitrogens with two attached hydrogens (primary N) is 1. The average Bonchev–Trinajstić information content (AvgIpc) is 3.36. The Balaban J connectivity index is 1.47. The molecule has 0 saturated heterocycles. The first kappa shape index (κ1) is 22.0. The van der Waals surface area contributed by atoms with Gasteiger partial charge in [-0.25, -0.2) is 9.98 Å². The second-order valence-electron chi connectivity index (χ2n) is 7.49. The molecule has 0 bridgehead atoms. The molecule has 168 valence electrons. The third kappa shape index (κ3) is 5.51. The van der Waals surface area contributed by atoms with Crippen LogP contribution in [0.3, 0.4) is 0 Å². The molecule has 0 spiro atoms. The lowest BCUT2D eigenvalue weighted by Gasteiger charge is -2.12. The fourth-order valence-electron chi connectivity index (χ4n) is 3.59. The van der Waals surface area contributed by atoms with Crippen LogP contribution in [0, 0.1) is 0 Å². The number of aliphatic imine (C=N–C) groups is 1. The predicted octanol–water partition coefficient (Wildman–Crippen LogP) is 4.54. The van der Waals surface area contributed by atoms with Crippen LogP contribution in [-0.2, 0) is 13.1 Å². The van der Waals surface area contributed by atoms with Crippen LogP contribution in [0.25, 0.3) is 11.1 Å². The highest BCUT2D eigenvalue weighted by Crippen LogP contribution is 2.30. The van der Waals surface area contributed by atoms with E-state index in [0.29, 0.717) is 24.0 Å². The first-order chi connectivity index (χ1) is 16.2. The first-order valence-electron chi connectivity index (χ1n) is 10.6. The third-order valence-electron chi connectivity index (χ3n) is 5.28. The molecule has 3 N–H and O–H groups in total. The molecule has 3 aromatic carbocycles. The number of benzene rings is 3. The zero-order chi connectivity index (χ0) is 23.0. The molecule has 0 saturated carbocycles. The minimum absolute atomic E-state index is 0.327. The van der Waals surface area contributed by atoms with Crippen LogP contribution in [0.4, 0.5) is 5.69 Å². The number of guanidine groups is 1. The monoisotopic (exact) mass is 441 g/mol. The Morgan fingerprint density at radius 2 is 1.79 bits per heavy atom. The summed E-state index contributed by atoms with van der Waals surface area (Å²) in [5.74, 6) is 1.60. The molecule has 7 heteroatoms. The largest absolute Gasteiger partial charge is 0.493 e. The Bertz CT molecular complexity index is 1220. The van der Waals surface area contributed by atoms with Gasteiger partial charge in [-0.3, -0.25) is 0 Å².